The zero-order chi connectivity index (χ0) is 59.2. The van der Waals surface area contributed by atoms with Gasteiger partial charge in [0.25, 0.3) is 0 Å². The number of allylic oxidation sites excluding steroid dienone is 14. The largest absolute Gasteiger partial charge is 0.462 e. The molecule has 0 saturated carbocycles. The highest BCUT2D eigenvalue weighted by Gasteiger charge is 2.19. The highest BCUT2D eigenvalue weighted by atomic mass is 16.6. The molecule has 0 aromatic carbocycles. The first-order valence-electron chi connectivity index (χ1n) is 35.6. The Hall–Kier alpha value is -3.41. The van der Waals surface area contributed by atoms with Crippen LogP contribution in [0.3, 0.4) is 0 Å². The van der Waals surface area contributed by atoms with Crippen LogP contribution in [0.25, 0.3) is 0 Å². The molecule has 0 N–H and O–H groups in total. The van der Waals surface area contributed by atoms with Gasteiger partial charge >= 0.3 is 17.9 Å². The lowest BCUT2D eigenvalue weighted by Gasteiger charge is -2.18. The van der Waals surface area contributed by atoms with Crippen LogP contribution in [0.4, 0.5) is 0 Å². The van der Waals surface area contributed by atoms with Crippen LogP contribution in [0.5, 0.6) is 0 Å². The van der Waals surface area contributed by atoms with Crippen molar-refractivity contribution in [1.82, 2.24) is 0 Å². The summed E-state index contributed by atoms with van der Waals surface area (Å²) < 4.78 is 17.0. The Morgan fingerprint density at radius 3 is 0.756 bits per heavy atom. The topological polar surface area (TPSA) is 78.9 Å². The van der Waals surface area contributed by atoms with E-state index in [0.29, 0.717) is 19.3 Å². The first-order chi connectivity index (χ1) is 40.5. The van der Waals surface area contributed by atoms with Gasteiger partial charge in [-0.05, 0) is 96.3 Å². The summed E-state index contributed by atoms with van der Waals surface area (Å²) >= 11 is 0. The predicted octanol–water partition coefficient (Wildman–Crippen LogP) is 24.6. The minimum Gasteiger partial charge on any atom is -0.462 e. The number of ether oxygens (including phenoxy) is 3. The van der Waals surface area contributed by atoms with Crippen molar-refractivity contribution in [3.05, 3.63) is 85.1 Å². The Morgan fingerprint density at radius 2 is 0.476 bits per heavy atom. The van der Waals surface area contributed by atoms with Crippen molar-refractivity contribution in [1.29, 1.82) is 0 Å². The minimum atomic E-state index is -0.794. The first kappa shape index (κ1) is 78.6. The number of hydrogen-bond acceptors (Lipinski definition) is 6. The van der Waals surface area contributed by atoms with Crippen LogP contribution in [0.2, 0.25) is 0 Å². The maximum Gasteiger partial charge on any atom is 0.306 e. The third-order valence-electron chi connectivity index (χ3n) is 15.6. The smallest absolute Gasteiger partial charge is 0.306 e. The van der Waals surface area contributed by atoms with E-state index in [1.165, 1.54) is 193 Å². The number of carbonyl (C=O) groups excluding carboxylic acids is 3. The van der Waals surface area contributed by atoms with E-state index in [-0.39, 0.29) is 31.1 Å². The number of hydrogen-bond donors (Lipinski definition) is 0. The molecule has 474 valence electrons. The third kappa shape index (κ3) is 67.4. The molecule has 0 bridgehead atoms. The fourth-order valence-corrected chi connectivity index (χ4v) is 10.3. The molecule has 1 unspecified atom stereocenters. The Balaban J connectivity index is 4.33. The standard InChI is InChI=1S/C76H134O6/c1-4-7-10-13-16-19-22-25-28-31-33-35-36-37-38-39-40-42-43-45-48-51-54-57-60-63-66-69-75(78)81-72-73(71-80-74(77)68-65-62-59-56-53-50-47-30-27-24-21-18-15-12-9-6-3)82-76(79)70-67-64-61-58-55-52-49-46-44-41-34-32-29-26-23-20-17-14-11-8-5-2/h8,11,17,20-21,24,26,29-30,34,41,46-47,49,73H,4-7,9-10,12-16,18-19,22-23,25,27-28,31-33,35-40,42-45,48,50-72H2,1-3H3/b11-8-,20-17-,24-21-,29-26-,41-34-,47-30-,49-46-. The lowest BCUT2D eigenvalue weighted by molar-refractivity contribution is -0.167. The Kier molecular flexibility index (Phi) is 67.2. The van der Waals surface area contributed by atoms with Gasteiger partial charge in [0.1, 0.15) is 13.2 Å². The Labute approximate surface area is 509 Å². The lowest BCUT2D eigenvalue weighted by atomic mass is 10.0. The molecular weight excluding hydrogens is 1010 g/mol. The van der Waals surface area contributed by atoms with Crippen LogP contribution in [-0.4, -0.2) is 37.2 Å². The molecular formula is C76H134O6. The quantitative estimate of drug-likeness (QED) is 0.0261. The van der Waals surface area contributed by atoms with Gasteiger partial charge in [-0.25, -0.2) is 0 Å². The maximum absolute atomic E-state index is 13.0. The molecule has 0 fully saturated rings. The highest BCUT2D eigenvalue weighted by molar-refractivity contribution is 5.71. The van der Waals surface area contributed by atoms with Gasteiger partial charge in [-0.2, -0.15) is 0 Å². The molecule has 1 atom stereocenters. The molecule has 0 aliphatic rings. The summed E-state index contributed by atoms with van der Waals surface area (Å²) in [7, 11) is 0. The van der Waals surface area contributed by atoms with Crippen LogP contribution < -0.4 is 0 Å². The van der Waals surface area contributed by atoms with Crippen LogP contribution in [0.15, 0.2) is 85.1 Å². The second-order valence-electron chi connectivity index (χ2n) is 23.8. The van der Waals surface area contributed by atoms with Gasteiger partial charge < -0.3 is 14.2 Å². The molecule has 0 aliphatic carbocycles. The summed E-state index contributed by atoms with van der Waals surface area (Å²) in [4.78, 5) is 38.5. The van der Waals surface area contributed by atoms with Crippen LogP contribution >= 0.6 is 0 Å². The second-order valence-corrected chi connectivity index (χ2v) is 23.8. The van der Waals surface area contributed by atoms with Crippen LogP contribution in [0, 0.1) is 0 Å². The minimum absolute atomic E-state index is 0.0864. The van der Waals surface area contributed by atoms with E-state index in [0.717, 1.165) is 128 Å². The summed E-state index contributed by atoms with van der Waals surface area (Å²) in [5.74, 6) is -0.901. The highest BCUT2D eigenvalue weighted by Crippen LogP contribution is 2.18. The first-order valence-corrected chi connectivity index (χ1v) is 35.6. The molecule has 82 heavy (non-hydrogen) atoms. The van der Waals surface area contributed by atoms with Crippen molar-refractivity contribution >= 4 is 17.9 Å². The van der Waals surface area contributed by atoms with Crippen molar-refractivity contribution in [3.63, 3.8) is 0 Å². The van der Waals surface area contributed by atoms with E-state index in [4.69, 9.17) is 14.2 Å². The summed E-state index contributed by atoms with van der Waals surface area (Å²) in [6, 6.07) is 0. The molecule has 0 amide bonds. The second kappa shape index (κ2) is 70.1. The van der Waals surface area contributed by atoms with Crippen LogP contribution in [-0.2, 0) is 28.6 Å². The van der Waals surface area contributed by atoms with Crippen molar-refractivity contribution in [2.45, 2.75) is 367 Å². The van der Waals surface area contributed by atoms with Crippen molar-refractivity contribution in [3.8, 4) is 0 Å². The summed E-state index contributed by atoms with van der Waals surface area (Å²) in [5, 5.41) is 0. The molecule has 6 heteroatoms. The SMILES string of the molecule is CC/C=C\C/C=C\C/C=C\C/C=C\C/C=C\CCCCCCCC(=O)OC(COC(=O)CCCCCCC/C=C\C/C=C\CCCCCC)COC(=O)CCCCCCCCCCCCCCCCCCCCCCCCCCCCC. The Morgan fingerprint density at radius 1 is 0.256 bits per heavy atom. The number of rotatable bonds is 65. The van der Waals surface area contributed by atoms with E-state index < -0.39 is 6.10 Å². The van der Waals surface area contributed by atoms with E-state index in [9.17, 15) is 14.4 Å². The van der Waals surface area contributed by atoms with Gasteiger partial charge in [-0.1, -0.05) is 331 Å². The lowest BCUT2D eigenvalue weighted by Crippen LogP contribution is -2.30. The van der Waals surface area contributed by atoms with Crippen molar-refractivity contribution < 1.29 is 28.6 Å². The van der Waals surface area contributed by atoms with Gasteiger partial charge in [-0.15, -0.1) is 0 Å². The average molecular weight is 1140 g/mol. The predicted molar refractivity (Wildman–Crippen MR) is 358 cm³/mol. The van der Waals surface area contributed by atoms with E-state index >= 15 is 0 Å². The molecule has 0 aliphatic heterocycles. The summed E-state index contributed by atoms with van der Waals surface area (Å²) in [6.07, 6.45) is 93.3. The molecule has 0 aromatic heterocycles. The molecule has 0 rings (SSSR count). The maximum atomic E-state index is 13.0. The normalized spacial score (nSPS) is 12.6. The van der Waals surface area contributed by atoms with Gasteiger partial charge in [0.2, 0.25) is 0 Å². The van der Waals surface area contributed by atoms with Crippen LogP contribution in [0.1, 0.15) is 361 Å². The average Bonchev–Trinajstić information content (AvgIpc) is 3.48. The monoisotopic (exact) mass is 1140 g/mol. The van der Waals surface area contributed by atoms with E-state index in [1.807, 2.05) is 0 Å². The van der Waals surface area contributed by atoms with Crippen molar-refractivity contribution in [2.24, 2.45) is 0 Å². The van der Waals surface area contributed by atoms with Crippen molar-refractivity contribution in [2.75, 3.05) is 13.2 Å². The fourth-order valence-electron chi connectivity index (χ4n) is 10.3. The molecule has 0 saturated heterocycles. The van der Waals surface area contributed by atoms with E-state index in [2.05, 4.69) is 106 Å². The summed E-state index contributed by atoms with van der Waals surface area (Å²) in [5.41, 5.74) is 0. The molecule has 0 spiro atoms. The molecule has 0 radical (unpaired) electrons. The molecule has 0 heterocycles. The van der Waals surface area contributed by atoms with Gasteiger partial charge in [-0.3, -0.25) is 14.4 Å². The molecule has 0 aromatic rings. The van der Waals surface area contributed by atoms with Gasteiger partial charge in [0.15, 0.2) is 6.10 Å². The summed E-state index contributed by atoms with van der Waals surface area (Å²) in [6.45, 7) is 6.53. The zero-order valence-corrected chi connectivity index (χ0v) is 54.5. The number of esters is 3. The van der Waals surface area contributed by atoms with E-state index in [1.54, 1.807) is 0 Å². The Bertz CT molecular complexity index is 1550. The number of unbranched alkanes of at least 4 members (excludes halogenated alkanes) is 40. The fraction of sp³-hybridized carbons (Fsp3) is 0.776. The number of carbonyl (C=O) groups is 3. The zero-order valence-electron chi connectivity index (χ0n) is 54.5. The van der Waals surface area contributed by atoms with Gasteiger partial charge in [0.05, 0.1) is 0 Å². The third-order valence-corrected chi connectivity index (χ3v) is 15.6. The molecule has 6 nitrogen and oxygen atoms in total. The van der Waals surface area contributed by atoms with Gasteiger partial charge in [0, 0.05) is 19.3 Å².